The molecule has 3 N–H and O–H groups in total. The van der Waals surface area contributed by atoms with E-state index >= 15 is 0 Å². The Labute approximate surface area is 103 Å². The summed E-state index contributed by atoms with van der Waals surface area (Å²) in [5.74, 6) is 2.51. The van der Waals surface area contributed by atoms with Crippen molar-refractivity contribution in [3.05, 3.63) is 48.0 Å². The van der Waals surface area contributed by atoms with Gasteiger partial charge in [-0.05, 0) is 5.56 Å². The Kier molecular flexibility index (Phi) is 4.77. The molecule has 94 valence electrons. The standard InChI is InChI=1S/C12H12N2O4/c13-14(10(15)6-7-12(17)18)11(16)8-9-4-2-1-3-5-9/h1-7H,8,13H2,(H,17,18)/b7-6-. The zero-order valence-electron chi connectivity index (χ0n) is 9.45. The normalized spacial score (nSPS) is 10.3. The van der Waals surface area contributed by atoms with E-state index in [2.05, 4.69) is 0 Å². The summed E-state index contributed by atoms with van der Waals surface area (Å²) in [4.78, 5) is 33.1. The van der Waals surface area contributed by atoms with Gasteiger partial charge in [-0.1, -0.05) is 30.3 Å². The maximum absolute atomic E-state index is 11.6. The molecule has 0 aliphatic rings. The molecule has 6 heteroatoms. The molecule has 0 atom stereocenters. The molecule has 0 aliphatic carbocycles. The predicted molar refractivity (Wildman–Crippen MR) is 63.0 cm³/mol. The average Bonchev–Trinajstić information content (AvgIpc) is 2.36. The molecule has 0 fully saturated rings. The first kappa shape index (κ1) is 13.6. The SMILES string of the molecule is NN(C(=O)/C=C\C(=O)O)C(=O)Cc1ccccc1. The number of aliphatic carboxylic acids is 1. The highest BCUT2D eigenvalue weighted by molar-refractivity contribution is 6.02. The van der Waals surface area contributed by atoms with Crippen LogP contribution < -0.4 is 5.84 Å². The van der Waals surface area contributed by atoms with Gasteiger partial charge in [0.25, 0.3) is 5.91 Å². The van der Waals surface area contributed by atoms with Crippen molar-refractivity contribution in [2.75, 3.05) is 0 Å². The second-order valence-corrected chi connectivity index (χ2v) is 3.44. The Bertz CT molecular complexity index is 482. The lowest BCUT2D eigenvalue weighted by atomic mass is 10.1. The van der Waals surface area contributed by atoms with E-state index in [0.29, 0.717) is 16.6 Å². The third-order valence-electron chi connectivity index (χ3n) is 2.07. The number of carboxylic acids is 1. The van der Waals surface area contributed by atoms with Crippen molar-refractivity contribution in [3.8, 4) is 0 Å². The fourth-order valence-corrected chi connectivity index (χ4v) is 1.20. The van der Waals surface area contributed by atoms with E-state index in [-0.39, 0.29) is 6.42 Å². The Hall–Kier alpha value is -2.47. The van der Waals surface area contributed by atoms with E-state index in [4.69, 9.17) is 10.9 Å². The Morgan fingerprint density at radius 2 is 1.78 bits per heavy atom. The predicted octanol–water partition coefficient (Wildman–Crippen LogP) is 0.0988. The number of carboxylic acid groups (broad SMARTS) is 1. The van der Waals surface area contributed by atoms with Gasteiger partial charge in [-0.3, -0.25) is 9.59 Å². The van der Waals surface area contributed by atoms with Crippen LogP contribution in [0.4, 0.5) is 0 Å². The van der Waals surface area contributed by atoms with E-state index < -0.39 is 17.8 Å². The van der Waals surface area contributed by atoms with Crippen molar-refractivity contribution in [1.29, 1.82) is 0 Å². The van der Waals surface area contributed by atoms with Gasteiger partial charge in [0.05, 0.1) is 6.42 Å². The van der Waals surface area contributed by atoms with Crippen LogP contribution in [0.5, 0.6) is 0 Å². The van der Waals surface area contributed by atoms with Crippen molar-refractivity contribution < 1.29 is 19.5 Å². The van der Waals surface area contributed by atoms with E-state index in [1.54, 1.807) is 30.3 Å². The third kappa shape index (κ3) is 4.18. The van der Waals surface area contributed by atoms with Crippen LogP contribution in [0.1, 0.15) is 5.56 Å². The molecule has 2 amide bonds. The summed E-state index contributed by atoms with van der Waals surface area (Å²) in [6.45, 7) is 0. The smallest absolute Gasteiger partial charge is 0.328 e. The van der Waals surface area contributed by atoms with Crippen LogP contribution in [0.3, 0.4) is 0 Å². The molecule has 1 rings (SSSR count). The summed E-state index contributed by atoms with van der Waals surface area (Å²) in [6, 6.07) is 8.77. The zero-order chi connectivity index (χ0) is 13.5. The van der Waals surface area contributed by atoms with Crippen molar-refractivity contribution in [2.24, 2.45) is 5.84 Å². The second kappa shape index (κ2) is 6.31. The van der Waals surface area contributed by atoms with Gasteiger partial charge in [-0.25, -0.2) is 15.6 Å². The lowest BCUT2D eigenvalue weighted by molar-refractivity contribution is -0.142. The quantitative estimate of drug-likeness (QED) is 0.340. The van der Waals surface area contributed by atoms with Crippen LogP contribution in [0.25, 0.3) is 0 Å². The molecule has 6 nitrogen and oxygen atoms in total. The molecule has 0 unspecified atom stereocenters. The molecule has 0 saturated carbocycles. The van der Waals surface area contributed by atoms with Gasteiger partial charge < -0.3 is 5.11 Å². The number of nitrogens with zero attached hydrogens (tertiary/aromatic N) is 1. The lowest BCUT2D eigenvalue weighted by Crippen LogP contribution is -2.42. The summed E-state index contributed by atoms with van der Waals surface area (Å²) >= 11 is 0. The Morgan fingerprint density at radius 1 is 1.17 bits per heavy atom. The molecule has 0 bridgehead atoms. The largest absolute Gasteiger partial charge is 0.478 e. The average molecular weight is 248 g/mol. The minimum Gasteiger partial charge on any atom is -0.478 e. The van der Waals surface area contributed by atoms with Crippen molar-refractivity contribution in [2.45, 2.75) is 6.42 Å². The van der Waals surface area contributed by atoms with Crippen molar-refractivity contribution in [3.63, 3.8) is 0 Å². The molecule has 0 spiro atoms. The molecule has 0 aromatic heterocycles. The van der Waals surface area contributed by atoms with Crippen molar-refractivity contribution in [1.82, 2.24) is 5.01 Å². The lowest BCUT2D eigenvalue weighted by Gasteiger charge is -2.12. The number of hydrazine groups is 1. The van der Waals surface area contributed by atoms with Crippen LogP contribution >= 0.6 is 0 Å². The van der Waals surface area contributed by atoms with E-state index in [1.165, 1.54) is 0 Å². The molecule has 1 aromatic carbocycles. The number of imide groups is 1. The minimum atomic E-state index is -1.28. The molecule has 0 saturated heterocycles. The summed E-state index contributed by atoms with van der Waals surface area (Å²) in [7, 11) is 0. The Balaban J connectivity index is 2.62. The first-order chi connectivity index (χ1) is 8.50. The number of carbonyl (C=O) groups is 3. The van der Waals surface area contributed by atoms with Gasteiger partial charge in [0, 0.05) is 12.2 Å². The van der Waals surface area contributed by atoms with Crippen LogP contribution in [-0.4, -0.2) is 27.9 Å². The summed E-state index contributed by atoms with van der Waals surface area (Å²) < 4.78 is 0. The number of nitrogens with two attached hydrogens (primary N) is 1. The minimum absolute atomic E-state index is 0.0238. The van der Waals surface area contributed by atoms with Crippen LogP contribution in [-0.2, 0) is 20.8 Å². The molecular weight excluding hydrogens is 236 g/mol. The number of hydrogen-bond donors (Lipinski definition) is 2. The summed E-state index contributed by atoms with van der Waals surface area (Å²) in [6.07, 6.45) is 1.33. The zero-order valence-corrected chi connectivity index (χ0v) is 9.45. The first-order valence-corrected chi connectivity index (χ1v) is 5.07. The van der Waals surface area contributed by atoms with E-state index in [1.807, 2.05) is 0 Å². The monoisotopic (exact) mass is 248 g/mol. The second-order valence-electron chi connectivity index (χ2n) is 3.44. The maximum Gasteiger partial charge on any atom is 0.328 e. The highest BCUT2D eigenvalue weighted by Gasteiger charge is 2.15. The van der Waals surface area contributed by atoms with E-state index in [9.17, 15) is 14.4 Å². The van der Waals surface area contributed by atoms with Gasteiger partial charge in [0.15, 0.2) is 0 Å². The van der Waals surface area contributed by atoms with Crippen molar-refractivity contribution >= 4 is 17.8 Å². The van der Waals surface area contributed by atoms with Gasteiger partial charge in [0.2, 0.25) is 5.91 Å². The van der Waals surface area contributed by atoms with Gasteiger partial charge >= 0.3 is 5.97 Å². The number of hydrogen-bond acceptors (Lipinski definition) is 4. The Morgan fingerprint density at radius 3 is 2.33 bits per heavy atom. The highest BCUT2D eigenvalue weighted by atomic mass is 16.4. The molecular formula is C12H12N2O4. The first-order valence-electron chi connectivity index (χ1n) is 5.07. The summed E-state index contributed by atoms with van der Waals surface area (Å²) in [5.41, 5.74) is 0.716. The molecule has 0 heterocycles. The number of rotatable bonds is 4. The van der Waals surface area contributed by atoms with E-state index in [0.717, 1.165) is 6.08 Å². The number of carbonyl (C=O) groups excluding carboxylic acids is 2. The van der Waals surface area contributed by atoms with Gasteiger partial charge in [-0.2, -0.15) is 0 Å². The fourth-order valence-electron chi connectivity index (χ4n) is 1.20. The fraction of sp³-hybridized carbons (Fsp3) is 0.0833. The van der Waals surface area contributed by atoms with Crippen LogP contribution in [0.15, 0.2) is 42.5 Å². The number of benzene rings is 1. The molecule has 18 heavy (non-hydrogen) atoms. The van der Waals surface area contributed by atoms with Crippen LogP contribution in [0, 0.1) is 0 Å². The van der Waals surface area contributed by atoms with Crippen LogP contribution in [0.2, 0.25) is 0 Å². The molecule has 0 radical (unpaired) electrons. The number of amides is 2. The highest BCUT2D eigenvalue weighted by Crippen LogP contribution is 2.01. The van der Waals surface area contributed by atoms with Gasteiger partial charge in [-0.15, -0.1) is 0 Å². The topological polar surface area (TPSA) is 101 Å². The van der Waals surface area contributed by atoms with Gasteiger partial charge in [0.1, 0.15) is 0 Å². The molecule has 1 aromatic rings. The third-order valence-corrected chi connectivity index (χ3v) is 2.07. The summed E-state index contributed by atoms with van der Waals surface area (Å²) in [5, 5.41) is 8.73. The maximum atomic E-state index is 11.6. The molecule has 0 aliphatic heterocycles.